The lowest BCUT2D eigenvalue weighted by atomic mass is 10.1. The quantitative estimate of drug-likeness (QED) is 0.649. The molecule has 0 aliphatic carbocycles. The highest BCUT2D eigenvalue weighted by Crippen LogP contribution is 2.36. The number of rotatable bonds is 9. The van der Waals surface area contributed by atoms with Gasteiger partial charge >= 0.3 is 0 Å². The fourth-order valence-corrected chi connectivity index (χ4v) is 3.18. The van der Waals surface area contributed by atoms with E-state index < -0.39 is 0 Å². The van der Waals surface area contributed by atoms with Gasteiger partial charge < -0.3 is 24.6 Å². The molecular weight excluding hydrogens is 366 g/mol. The highest BCUT2D eigenvalue weighted by atomic mass is 35.5. The van der Waals surface area contributed by atoms with Crippen LogP contribution in [0.15, 0.2) is 12.1 Å². The number of hydrogen-bond acceptors (Lipinski definition) is 5. The fourth-order valence-electron chi connectivity index (χ4n) is 2.92. The van der Waals surface area contributed by atoms with Crippen LogP contribution < -0.4 is 14.8 Å². The normalized spacial score (nSPS) is 15.8. The molecule has 1 N–H and O–H groups in total. The second-order valence-electron chi connectivity index (χ2n) is 7.45. The Balaban J connectivity index is 1.85. The first kappa shape index (κ1) is 21.8. The molecule has 0 aromatic heterocycles. The minimum Gasteiger partial charge on any atom is -0.493 e. The fraction of sp³-hybridized carbons (Fsp3) is 0.650. The van der Waals surface area contributed by atoms with E-state index in [0.717, 1.165) is 39.1 Å². The summed E-state index contributed by atoms with van der Waals surface area (Å²) in [6.07, 6.45) is 0.926. The molecule has 0 saturated carbocycles. The largest absolute Gasteiger partial charge is 0.493 e. The predicted molar refractivity (Wildman–Crippen MR) is 109 cm³/mol. The maximum Gasteiger partial charge on any atom is 0.251 e. The van der Waals surface area contributed by atoms with Crippen LogP contribution in [-0.4, -0.2) is 75.7 Å². The van der Waals surface area contributed by atoms with E-state index in [2.05, 4.69) is 36.0 Å². The Hall–Kier alpha value is -1.50. The van der Waals surface area contributed by atoms with Gasteiger partial charge in [0, 0.05) is 38.3 Å². The SMILES string of the molecule is COc1cc(C(=O)NCCCN2CCN(C)CC2)cc(Cl)c1OCC(C)C. The highest BCUT2D eigenvalue weighted by molar-refractivity contribution is 6.32. The molecule has 2 rings (SSSR count). The summed E-state index contributed by atoms with van der Waals surface area (Å²) in [4.78, 5) is 17.2. The zero-order valence-electron chi connectivity index (χ0n) is 16.9. The van der Waals surface area contributed by atoms with Gasteiger partial charge in [0.05, 0.1) is 18.7 Å². The molecule has 1 aromatic carbocycles. The number of ether oxygens (including phenoxy) is 2. The number of nitrogens with zero attached hydrogens (tertiary/aromatic N) is 2. The molecule has 0 atom stereocenters. The first-order valence-corrected chi connectivity index (χ1v) is 9.98. The number of amides is 1. The lowest BCUT2D eigenvalue weighted by Crippen LogP contribution is -2.45. The van der Waals surface area contributed by atoms with E-state index >= 15 is 0 Å². The van der Waals surface area contributed by atoms with E-state index in [1.165, 1.54) is 0 Å². The van der Waals surface area contributed by atoms with E-state index in [0.29, 0.717) is 41.2 Å². The van der Waals surface area contributed by atoms with Crippen LogP contribution in [0.1, 0.15) is 30.6 Å². The zero-order chi connectivity index (χ0) is 19.8. The first-order valence-electron chi connectivity index (χ1n) is 9.60. The summed E-state index contributed by atoms with van der Waals surface area (Å²) in [7, 11) is 3.70. The van der Waals surface area contributed by atoms with Gasteiger partial charge in [-0.2, -0.15) is 0 Å². The van der Waals surface area contributed by atoms with Crippen LogP contribution in [0, 0.1) is 5.92 Å². The average molecular weight is 398 g/mol. The molecule has 1 fully saturated rings. The van der Waals surface area contributed by atoms with E-state index in [-0.39, 0.29) is 5.91 Å². The first-order chi connectivity index (χ1) is 12.9. The standard InChI is InChI=1S/C20H32ClN3O3/c1-15(2)14-27-19-17(21)12-16(13-18(19)26-4)20(25)22-6-5-7-24-10-8-23(3)9-11-24/h12-13,15H,5-11,14H2,1-4H3,(H,22,25). The van der Waals surface area contributed by atoms with Crippen molar-refractivity contribution in [1.29, 1.82) is 0 Å². The van der Waals surface area contributed by atoms with E-state index in [4.69, 9.17) is 21.1 Å². The molecule has 1 amide bonds. The summed E-state index contributed by atoms with van der Waals surface area (Å²) in [6, 6.07) is 3.31. The Morgan fingerprint density at radius 1 is 1.26 bits per heavy atom. The second kappa shape index (κ2) is 10.7. The van der Waals surface area contributed by atoms with Crippen molar-refractivity contribution in [2.45, 2.75) is 20.3 Å². The molecule has 152 valence electrons. The molecule has 7 heteroatoms. The molecule has 27 heavy (non-hydrogen) atoms. The molecule has 1 saturated heterocycles. The Bertz CT molecular complexity index is 617. The molecule has 0 spiro atoms. The number of methoxy groups -OCH3 is 1. The van der Waals surface area contributed by atoms with Crippen molar-refractivity contribution in [1.82, 2.24) is 15.1 Å². The number of carbonyl (C=O) groups excluding carboxylic acids is 1. The van der Waals surface area contributed by atoms with E-state index in [9.17, 15) is 4.79 Å². The van der Waals surface area contributed by atoms with Gasteiger partial charge in [-0.3, -0.25) is 4.79 Å². The van der Waals surface area contributed by atoms with E-state index in [1.54, 1.807) is 19.2 Å². The van der Waals surface area contributed by atoms with Gasteiger partial charge in [-0.25, -0.2) is 0 Å². The summed E-state index contributed by atoms with van der Waals surface area (Å²) in [5.74, 6) is 1.18. The zero-order valence-corrected chi connectivity index (χ0v) is 17.6. The molecule has 0 unspecified atom stereocenters. The number of piperazine rings is 1. The monoisotopic (exact) mass is 397 g/mol. The predicted octanol–water partition coefficient (Wildman–Crippen LogP) is 2.75. The molecule has 1 aliphatic heterocycles. The van der Waals surface area contributed by atoms with Gasteiger partial charge in [-0.1, -0.05) is 25.4 Å². The Morgan fingerprint density at radius 3 is 2.59 bits per heavy atom. The van der Waals surface area contributed by atoms with Gasteiger partial charge in [0.15, 0.2) is 11.5 Å². The van der Waals surface area contributed by atoms with Crippen molar-refractivity contribution in [3.8, 4) is 11.5 Å². The summed E-state index contributed by atoms with van der Waals surface area (Å²) in [6.45, 7) is 10.7. The molecule has 1 aromatic rings. The number of hydrogen-bond donors (Lipinski definition) is 1. The molecule has 1 aliphatic rings. The minimum absolute atomic E-state index is 0.149. The second-order valence-corrected chi connectivity index (χ2v) is 7.86. The lowest BCUT2D eigenvalue weighted by molar-refractivity contribution is 0.0949. The van der Waals surface area contributed by atoms with Crippen molar-refractivity contribution in [2.75, 3.05) is 60.0 Å². The number of likely N-dealkylation sites (N-methyl/N-ethyl adjacent to an activating group) is 1. The molecule has 6 nitrogen and oxygen atoms in total. The molecular formula is C20H32ClN3O3. The minimum atomic E-state index is -0.149. The Morgan fingerprint density at radius 2 is 1.96 bits per heavy atom. The lowest BCUT2D eigenvalue weighted by Gasteiger charge is -2.32. The third kappa shape index (κ3) is 6.87. The van der Waals surface area contributed by atoms with Crippen molar-refractivity contribution in [2.24, 2.45) is 5.92 Å². The number of halogens is 1. The van der Waals surface area contributed by atoms with Gasteiger partial charge in [0.25, 0.3) is 5.91 Å². The van der Waals surface area contributed by atoms with E-state index in [1.807, 2.05) is 0 Å². The van der Waals surface area contributed by atoms with Crippen LogP contribution in [-0.2, 0) is 0 Å². The van der Waals surface area contributed by atoms with Crippen LogP contribution in [0.4, 0.5) is 0 Å². The number of benzene rings is 1. The average Bonchev–Trinajstić information content (AvgIpc) is 2.64. The smallest absolute Gasteiger partial charge is 0.251 e. The van der Waals surface area contributed by atoms with Gasteiger partial charge in [-0.05, 0) is 38.1 Å². The maximum atomic E-state index is 12.5. The third-order valence-electron chi connectivity index (χ3n) is 4.59. The van der Waals surface area contributed by atoms with Crippen molar-refractivity contribution in [3.63, 3.8) is 0 Å². The Labute approximate surface area is 167 Å². The van der Waals surface area contributed by atoms with Crippen molar-refractivity contribution in [3.05, 3.63) is 22.7 Å². The summed E-state index contributed by atoms with van der Waals surface area (Å²) in [5.41, 5.74) is 0.480. The van der Waals surface area contributed by atoms with Crippen LogP contribution in [0.5, 0.6) is 11.5 Å². The van der Waals surface area contributed by atoms with Crippen LogP contribution in [0.3, 0.4) is 0 Å². The van der Waals surface area contributed by atoms with Crippen LogP contribution >= 0.6 is 11.6 Å². The molecule has 1 heterocycles. The highest BCUT2D eigenvalue weighted by Gasteiger charge is 2.17. The third-order valence-corrected chi connectivity index (χ3v) is 4.87. The molecule has 0 radical (unpaired) electrons. The van der Waals surface area contributed by atoms with Crippen LogP contribution in [0.2, 0.25) is 5.02 Å². The Kier molecular flexibility index (Phi) is 8.67. The summed E-state index contributed by atoms with van der Waals surface area (Å²) >= 11 is 6.32. The summed E-state index contributed by atoms with van der Waals surface area (Å²) < 4.78 is 11.1. The van der Waals surface area contributed by atoms with Gasteiger partial charge in [-0.15, -0.1) is 0 Å². The topological polar surface area (TPSA) is 54.0 Å². The molecule has 0 bridgehead atoms. The van der Waals surface area contributed by atoms with Gasteiger partial charge in [0.1, 0.15) is 0 Å². The van der Waals surface area contributed by atoms with Crippen molar-refractivity contribution >= 4 is 17.5 Å². The number of carbonyl (C=O) groups is 1. The van der Waals surface area contributed by atoms with Crippen LogP contribution in [0.25, 0.3) is 0 Å². The maximum absolute atomic E-state index is 12.5. The van der Waals surface area contributed by atoms with Gasteiger partial charge in [0.2, 0.25) is 0 Å². The van der Waals surface area contributed by atoms with Crippen molar-refractivity contribution < 1.29 is 14.3 Å². The summed E-state index contributed by atoms with van der Waals surface area (Å²) in [5, 5.41) is 3.35. The number of nitrogens with one attached hydrogen (secondary N) is 1.